The summed E-state index contributed by atoms with van der Waals surface area (Å²) in [7, 11) is 0. The number of nitrogens with zero attached hydrogens (tertiary/aromatic N) is 1. The third kappa shape index (κ3) is 4.11. The van der Waals surface area contributed by atoms with Gasteiger partial charge in [0, 0.05) is 0 Å². The van der Waals surface area contributed by atoms with Crippen LogP contribution in [-0.2, 0) is 6.18 Å². The van der Waals surface area contributed by atoms with E-state index in [1.54, 1.807) is 0 Å². The van der Waals surface area contributed by atoms with Crippen LogP contribution in [0.1, 0.15) is 16.2 Å². The molecule has 0 spiro atoms. The topological polar surface area (TPSA) is 59.4 Å². The molecule has 1 aromatic rings. The van der Waals surface area contributed by atoms with E-state index < -0.39 is 39.2 Å². The van der Waals surface area contributed by atoms with Gasteiger partial charge in [0.1, 0.15) is 5.69 Å². The zero-order valence-corrected chi connectivity index (χ0v) is 10.6. The molecule has 0 saturated carbocycles. The molecule has 0 aliphatic heterocycles. The lowest BCUT2D eigenvalue weighted by atomic mass is 10.2. The second-order valence-electron chi connectivity index (χ2n) is 3.02. The maximum Gasteiger partial charge on any atom is 0.573 e. The Morgan fingerprint density at radius 3 is 2.16 bits per heavy atom. The van der Waals surface area contributed by atoms with Crippen LogP contribution in [0.2, 0.25) is 0 Å². The van der Waals surface area contributed by atoms with Gasteiger partial charge in [-0.1, -0.05) is 0 Å². The molecule has 1 N–H and O–H groups in total. The van der Waals surface area contributed by atoms with Gasteiger partial charge in [-0.15, -0.1) is 13.2 Å². The number of hydrogen-bond acceptors (Lipinski definition) is 3. The zero-order valence-electron chi connectivity index (χ0n) is 8.43. The lowest BCUT2D eigenvalue weighted by Gasteiger charge is -2.16. The predicted molar refractivity (Wildman–Crippen MR) is 55.6 cm³/mol. The molecule has 1 heterocycles. The number of rotatable bonds is 2. The average Bonchev–Trinajstić information content (AvgIpc) is 2.16. The van der Waals surface area contributed by atoms with Gasteiger partial charge < -0.3 is 9.84 Å². The number of hydrogen-bond donors (Lipinski definition) is 1. The quantitative estimate of drug-likeness (QED) is 0.611. The number of ether oxygens (including phenoxy) is 1. The van der Waals surface area contributed by atoms with E-state index in [9.17, 15) is 31.1 Å². The number of carboxylic acids is 1. The van der Waals surface area contributed by atoms with Crippen molar-refractivity contribution >= 4 is 28.6 Å². The third-order valence-electron chi connectivity index (χ3n) is 1.63. The third-order valence-corrected chi connectivity index (χ3v) is 2.43. The highest BCUT2D eigenvalue weighted by Gasteiger charge is 2.42. The average molecular weight is 401 g/mol. The van der Waals surface area contributed by atoms with Crippen LogP contribution in [0, 0.1) is 3.57 Å². The molecule has 106 valence electrons. The molecular formula is C8H2F6INO3. The summed E-state index contributed by atoms with van der Waals surface area (Å²) in [5, 5.41) is 8.53. The van der Waals surface area contributed by atoms with E-state index in [1.807, 2.05) is 0 Å². The summed E-state index contributed by atoms with van der Waals surface area (Å²) in [5.41, 5.74) is -3.08. The van der Waals surface area contributed by atoms with Gasteiger partial charge in [0.15, 0.2) is 11.4 Å². The summed E-state index contributed by atoms with van der Waals surface area (Å²) < 4.78 is 76.2. The number of carboxylic acid groups (broad SMARTS) is 1. The highest BCUT2D eigenvalue weighted by molar-refractivity contribution is 14.1. The van der Waals surface area contributed by atoms with Crippen molar-refractivity contribution in [2.45, 2.75) is 12.5 Å². The molecule has 0 aromatic carbocycles. The van der Waals surface area contributed by atoms with Crippen molar-refractivity contribution in [3.63, 3.8) is 0 Å². The summed E-state index contributed by atoms with van der Waals surface area (Å²) in [6.45, 7) is 0. The van der Waals surface area contributed by atoms with Gasteiger partial charge in [0.2, 0.25) is 0 Å². The highest BCUT2D eigenvalue weighted by atomic mass is 127. The van der Waals surface area contributed by atoms with Gasteiger partial charge >= 0.3 is 18.5 Å². The van der Waals surface area contributed by atoms with Crippen LogP contribution < -0.4 is 4.74 Å². The van der Waals surface area contributed by atoms with Crippen LogP contribution in [0.4, 0.5) is 26.3 Å². The van der Waals surface area contributed by atoms with Crippen LogP contribution in [0.3, 0.4) is 0 Å². The van der Waals surface area contributed by atoms with Crippen molar-refractivity contribution in [1.29, 1.82) is 0 Å². The zero-order chi connectivity index (χ0) is 15.0. The predicted octanol–water partition coefficient (Wildman–Crippen LogP) is 3.30. The Bertz CT molecular complexity index is 512. The Hall–Kier alpha value is -1.27. The Kier molecular flexibility index (Phi) is 4.17. The Morgan fingerprint density at radius 2 is 1.79 bits per heavy atom. The lowest BCUT2D eigenvalue weighted by Crippen LogP contribution is -2.23. The van der Waals surface area contributed by atoms with Gasteiger partial charge in [0.25, 0.3) is 0 Å². The molecule has 0 aliphatic rings. The molecule has 1 aromatic heterocycles. The summed E-state index contributed by atoms with van der Waals surface area (Å²) in [4.78, 5) is 13.2. The van der Waals surface area contributed by atoms with Crippen molar-refractivity contribution in [2.24, 2.45) is 0 Å². The minimum Gasteiger partial charge on any atom is -0.477 e. The smallest absolute Gasteiger partial charge is 0.477 e. The van der Waals surface area contributed by atoms with E-state index in [0.717, 1.165) is 22.6 Å². The molecule has 0 aliphatic carbocycles. The Morgan fingerprint density at radius 1 is 1.26 bits per heavy atom. The number of carbonyl (C=O) groups is 1. The second kappa shape index (κ2) is 5.02. The molecule has 0 atom stereocenters. The first-order valence-corrected chi connectivity index (χ1v) is 5.26. The van der Waals surface area contributed by atoms with Gasteiger partial charge in [-0.3, -0.25) is 0 Å². The fourth-order valence-electron chi connectivity index (χ4n) is 1.02. The molecular weight excluding hydrogens is 399 g/mol. The van der Waals surface area contributed by atoms with Crippen LogP contribution >= 0.6 is 22.6 Å². The molecule has 1 rings (SSSR count). The van der Waals surface area contributed by atoms with E-state index in [4.69, 9.17) is 5.11 Å². The van der Waals surface area contributed by atoms with Crippen LogP contribution in [0.15, 0.2) is 6.07 Å². The minimum atomic E-state index is -5.35. The minimum absolute atomic E-state index is 0.541. The first-order valence-electron chi connectivity index (χ1n) is 4.18. The molecule has 0 fully saturated rings. The van der Waals surface area contributed by atoms with Crippen LogP contribution in [-0.4, -0.2) is 22.4 Å². The number of aromatic carboxylic acids is 1. The highest BCUT2D eigenvalue weighted by Crippen LogP contribution is 2.40. The molecule has 0 amide bonds. The van der Waals surface area contributed by atoms with Crippen LogP contribution in [0.5, 0.6) is 5.75 Å². The van der Waals surface area contributed by atoms with E-state index in [0.29, 0.717) is 6.07 Å². The molecule has 0 radical (unpaired) electrons. The molecule has 19 heavy (non-hydrogen) atoms. The van der Waals surface area contributed by atoms with Crippen molar-refractivity contribution < 1.29 is 41.0 Å². The normalized spacial score (nSPS) is 12.4. The molecule has 0 unspecified atom stereocenters. The fraction of sp³-hybridized carbons (Fsp3) is 0.250. The van der Waals surface area contributed by atoms with Crippen molar-refractivity contribution in [3.05, 3.63) is 21.0 Å². The summed E-state index contributed by atoms with van der Waals surface area (Å²) in [5.74, 6) is -3.38. The molecule has 4 nitrogen and oxygen atoms in total. The van der Waals surface area contributed by atoms with Crippen LogP contribution in [0.25, 0.3) is 0 Å². The van der Waals surface area contributed by atoms with Gasteiger partial charge in [-0.25, -0.2) is 9.78 Å². The van der Waals surface area contributed by atoms with Gasteiger partial charge in [-0.05, 0) is 28.7 Å². The Balaban J connectivity index is 3.49. The molecule has 0 bridgehead atoms. The van der Waals surface area contributed by atoms with E-state index in [1.165, 1.54) is 0 Å². The SMILES string of the molecule is O=C(O)c1cc(I)c(OC(F)(F)F)c(C(F)(F)F)n1. The first kappa shape index (κ1) is 15.8. The van der Waals surface area contributed by atoms with Crippen molar-refractivity contribution in [2.75, 3.05) is 0 Å². The Labute approximate surface area is 114 Å². The summed E-state index contributed by atoms with van der Waals surface area (Å²) >= 11 is 1.10. The molecule has 11 heteroatoms. The first-order chi connectivity index (χ1) is 8.42. The van der Waals surface area contributed by atoms with Gasteiger partial charge in [-0.2, -0.15) is 13.2 Å². The fourth-order valence-corrected chi connectivity index (χ4v) is 1.68. The van der Waals surface area contributed by atoms with E-state index in [-0.39, 0.29) is 0 Å². The standard InChI is InChI=1S/C8H2F6INO3/c9-7(10,11)5-4(19-8(12,13)14)2(15)1-3(16-5)6(17)18/h1H,(H,17,18). The van der Waals surface area contributed by atoms with E-state index >= 15 is 0 Å². The number of pyridine rings is 1. The maximum absolute atomic E-state index is 12.5. The summed E-state index contributed by atoms with van der Waals surface area (Å²) in [6, 6.07) is 0.541. The largest absolute Gasteiger partial charge is 0.573 e. The number of halogens is 7. The number of aromatic nitrogens is 1. The van der Waals surface area contributed by atoms with Gasteiger partial charge in [0.05, 0.1) is 3.57 Å². The second-order valence-corrected chi connectivity index (χ2v) is 4.18. The van der Waals surface area contributed by atoms with Crippen molar-refractivity contribution in [1.82, 2.24) is 4.98 Å². The van der Waals surface area contributed by atoms with Crippen molar-refractivity contribution in [3.8, 4) is 5.75 Å². The monoisotopic (exact) mass is 401 g/mol. The molecule has 0 saturated heterocycles. The van der Waals surface area contributed by atoms with E-state index in [2.05, 4.69) is 9.72 Å². The number of alkyl halides is 6. The summed E-state index contributed by atoms with van der Waals surface area (Å²) in [6.07, 6.45) is -10.6. The lowest BCUT2D eigenvalue weighted by molar-refractivity contribution is -0.276. The maximum atomic E-state index is 12.5.